The van der Waals surface area contributed by atoms with Gasteiger partial charge in [0.25, 0.3) is 0 Å². The van der Waals surface area contributed by atoms with Gasteiger partial charge in [-0.2, -0.15) is 0 Å². The molecule has 1 aliphatic rings. The average molecular weight is 659 g/mol. The first-order chi connectivity index (χ1) is 20.2. The van der Waals surface area contributed by atoms with Crippen molar-refractivity contribution in [1.82, 2.24) is 10.2 Å². The standard InChI is InChI=1S/C31H36BrN3O6S/c1-3-4-16-33-31(37)27(19-23-8-6-5-7-9-23)34(21-24-10-12-25(32)13-11-24)30(36)22-35(42(2,38)39)26-14-15-28-29(20-26)41-18-17-40-28/h5-15,20,27H,3-4,16-19,21-22H2,1-2H3,(H,33,37)/t27-/m1/s1. The second-order valence-electron chi connectivity index (χ2n) is 10.1. The van der Waals surface area contributed by atoms with E-state index in [1.165, 1.54) is 4.90 Å². The number of carbonyl (C=O) groups excluding carboxylic acids is 2. The van der Waals surface area contributed by atoms with Gasteiger partial charge in [-0.1, -0.05) is 71.7 Å². The molecule has 3 aromatic carbocycles. The molecule has 0 fully saturated rings. The molecule has 11 heteroatoms. The van der Waals surface area contributed by atoms with Gasteiger partial charge >= 0.3 is 0 Å². The van der Waals surface area contributed by atoms with E-state index in [1.54, 1.807) is 18.2 Å². The Morgan fingerprint density at radius 1 is 0.952 bits per heavy atom. The molecule has 0 saturated heterocycles. The number of anilines is 1. The highest BCUT2D eigenvalue weighted by Gasteiger charge is 2.33. The van der Waals surface area contributed by atoms with Gasteiger partial charge in [0, 0.05) is 30.0 Å². The lowest BCUT2D eigenvalue weighted by molar-refractivity contribution is -0.140. The Kier molecular flexibility index (Phi) is 10.9. The van der Waals surface area contributed by atoms with Crippen LogP contribution in [0.5, 0.6) is 11.5 Å². The van der Waals surface area contributed by atoms with Crippen molar-refractivity contribution in [3.63, 3.8) is 0 Å². The Balaban J connectivity index is 1.70. The van der Waals surface area contributed by atoms with E-state index in [9.17, 15) is 18.0 Å². The number of hydrogen-bond acceptors (Lipinski definition) is 6. The molecule has 9 nitrogen and oxygen atoms in total. The molecule has 4 rings (SSSR count). The lowest BCUT2D eigenvalue weighted by Gasteiger charge is -2.33. The van der Waals surface area contributed by atoms with E-state index in [-0.39, 0.29) is 24.6 Å². The second-order valence-corrected chi connectivity index (χ2v) is 12.9. The zero-order chi connectivity index (χ0) is 30.1. The van der Waals surface area contributed by atoms with Crippen LogP contribution in [0.1, 0.15) is 30.9 Å². The number of halogens is 1. The molecule has 0 bridgehead atoms. The van der Waals surface area contributed by atoms with Crippen LogP contribution in [-0.4, -0.2) is 63.7 Å². The van der Waals surface area contributed by atoms with E-state index >= 15 is 0 Å². The summed E-state index contributed by atoms with van der Waals surface area (Å²) in [4.78, 5) is 29.3. The quantitative estimate of drug-likeness (QED) is 0.271. The van der Waals surface area contributed by atoms with Gasteiger partial charge < -0.3 is 19.7 Å². The van der Waals surface area contributed by atoms with E-state index in [4.69, 9.17) is 9.47 Å². The van der Waals surface area contributed by atoms with Gasteiger partial charge in [0.2, 0.25) is 21.8 Å². The third-order valence-corrected chi connectivity index (χ3v) is 8.53. The summed E-state index contributed by atoms with van der Waals surface area (Å²) in [7, 11) is -3.89. The molecule has 0 radical (unpaired) electrons. The van der Waals surface area contributed by atoms with Crippen LogP contribution >= 0.6 is 15.9 Å². The van der Waals surface area contributed by atoms with Crippen LogP contribution in [0.3, 0.4) is 0 Å². The first-order valence-corrected chi connectivity index (χ1v) is 16.5. The molecular formula is C31H36BrN3O6S. The van der Waals surface area contributed by atoms with E-state index in [1.807, 2.05) is 61.5 Å². The number of sulfonamides is 1. The van der Waals surface area contributed by atoms with Gasteiger partial charge in [0.05, 0.1) is 11.9 Å². The fourth-order valence-corrected chi connectivity index (χ4v) is 5.75. The van der Waals surface area contributed by atoms with E-state index in [2.05, 4.69) is 21.2 Å². The number of nitrogens with one attached hydrogen (secondary N) is 1. The maximum absolute atomic E-state index is 14.2. The number of fused-ring (bicyclic) bond motifs is 1. The monoisotopic (exact) mass is 657 g/mol. The number of rotatable bonds is 13. The van der Waals surface area contributed by atoms with Gasteiger partial charge in [-0.05, 0) is 41.8 Å². The molecule has 224 valence electrons. The molecule has 1 heterocycles. The molecule has 0 aliphatic carbocycles. The van der Waals surface area contributed by atoms with Crippen molar-refractivity contribution in [1.29, 1.82) is 0 Å². The Morgan fingerprint density at radius 2 is 1.64 bits per heavy atom. The van der Waals surface area contributed by atoms with E-state index in [0.29, 0.717) is 31.3 Å². The zero-order valence-electron chi connectivity index (χ0n) is 23.8. The predicted molar refractivity (Wildman–Crippen MR) is 166 cm³/mol. The summed E-state index contributed by atoms with van der Waals surface area (Å²) in [6.45, 7) is 2.87. The highest BCUT2D eigenvalue weighted by Crippen LogP contribution is 2.34. The Morgan fingerprint density at radius 3 is 2.31 bits per heavy atom. The average Bonchev–Trinajstić information content (AvgIpc) is 2.98. The van der Waals surface area contributed by atoms with Crippen LogP contribution in [0.15, 0.2) is 77.3 Å². The largest absolute Gasteiger partial charge is 0.486 e. The third-order valence-electron chi connectivity index (χ3n) is 6.86. The van der Waals surface area contributed by atoms with Crippen molar-refractivity contribution < 1.29 is 27.5 Å². The summed E-state index contributed by atoms with van der Waals surface area (Å²) in [5, 5.41) is 2.98. The van der Waals surface area contributed by atoms with Crippen LogP contribution in [0.2, 0.25) is 0 Å². The molecule has 0 unspecified atom stereocenters. The van der Waals surface area contributed by atoms with Crippen LogP contribution in [-0.2, 0) is 32.6 Å². The lowest BCUT2D eigenvalue weighted by atomic mass is 10.0. The Bertz CT molecular complexity index is 1470. The second kappa shape index (κ2) is 14.6. The van der Waals surface area contributed by atoms with Crippen molar-refractivity contribution in [2.45, 2.75) is 38.8 Å². The summed E-state index contributed by atoms with van der Waals surface area (Å²) < 4.78 is 39.2. The summed E-state index contributed by atoms with van der Waals surface area (Å²) in [6, 6.07) is 20.8. The molecular weight excluding hydrogens is 622 g/mol. The van der Waals surface area contributed by atoms with Gasteiger partial charge in [-0.25, -0.2) is 8.42 Å². The van der Waals surface area contributed by atoms with Crippen molar-refractivity contribution in [2.24, 2.45) is 0 Å². The fraction of sp³-hybridized carbons (Fsp3) is 0.355. The predicted octanol–water partition coefficient (Wildman–Crippen LogP) is 4.54. The van der Waals surface area contributed by atoms with Crippen LogP contribution in [0.4, 0.5) is 5.69 Å². The fourth-order valence-electron chi connectivity index (χ4n) is 4.65. The van der Waals surface area contributed by atoms with Gasteiger partial charge in [0.1, 0.15) is 25.8 Å². The number of ether oxygens (including phenoxy) is 2. The van der Waals surface area contributed by atoms with Crippen molar-refractivity contribution in [3.8, 4) is 11.5 Å². The topological polar surface area (TPSA) is 105 Å². The minimum absolute atomic E-state index is 0.115. The summed E-state index contributed by atoms with van der Waals surface area (Å²) in [6.07, 6.45) is 3.03. The maximum Gasteiger partial charge on any atom is 0.244 e. The van der Waals surface area contributed by atoms with Crippen LogP contribution in [0.25, 0.3) is 0 Å². The molecule has 1 atom stereocenters. The zero-order valence-corrected chi connectivity index (χ0v) is 26.2. The van der Waals surface area contributed by atoms with Gasteiger partial charge in [0.15, 0.2) is 11.5 Å². The maximum atomic E-state index is 14.2. The van der Waals surface area contributed by atoms with Gasteiger partial charge in [-0.15, -0.1) is 0 Å². The van der Waals surface area contributed by atoms with Crippen molar-refractivity contribution in [3.05, 3.63) is 88.4 Å². The highest BCUT2D eigenvalue weighted by molar-refractivity contribution is 9.10. The molecule has 0 saturated carbocycles. The number of hydrogen-bond donors (Lipinski definition) is 1. The molecule has 0 aromatic heterocycles. The first-order valence-electron chi connectivity index (χ1n) is 13.9. The summed E-state index contributed by atoms with van der Waals surface area (Å²) >= 11 is 3.44. The Labute approximate surface area is 256 Å². The smallest absolute Gasteiger partial charge is 0.244 e. The minimum Gasteiger partial charge on any atom is -0.486 e. The number of amides is 2. The molecule has 42 heavy (non-hydrogen) atoms. The normalized spacial score (nSPS) is 13.2. The number of benzene rings is 3. The van der Waals surface area contributed by atoms with Crippen molar-refractivity contribution >= 4 is 43.5 Å². The number of carbonyl (C=O) groups is 2. The van der Waals surface area contributed by atoms with Crippen LogP contribution in [0, 0.1) is 0 Å². The van der Waals surface area contributed by atoms with E-state index < -0.39 is 28.5 Å². The highest BCUT2D eigenvalue weighted by atomic mass is 79.9. The molecule has 0 spiro atoms. The Hall–Kier alpha value is -3.57. The third kappa shape index (κ3) is 8.48. The molecule has 2 amide bonds. The molecule has 1 N–H and O–H groups in total. The SMILES string of the molecule is CCCCNC(=O)[C@@H](Cc1ccccc1)N(Cc1ccc(Br)cc1)C(=O)CN(c1ccc2c(c1)OCCO2)S(C)(=O)=O. The number of unbranched alkanes of at least 4 members (excludes halogenated alkanes) is 1. The minimum atomic E-state index is -3.89. The lowest BCUT2D eigenvalue weighted by Crippen LogP contribution is -2.53. The molecule has 1 aliphatic heterocycles. The summed E-state index contributed by atoms with van der Waals surface area (Å²) in [5.41, 5.74) is 1.95. The first kappa shape index (κ1) is 31.4. The molecule has 3 aromatic rings. The summed E-state index contributed by atoms with van der Waals surface area (Å²) in [5.74, 6) is 0.116. The van der Waals surface area contributed by atoms with Gasteiger partial charge in [-0.3, -0.25) is 13.9 Å². The van der Waals surface area contributed by atoms with Crippen LogP contribution < -0.4 is 19.1 Å². The van der Waals surface area contributed by atoms with Crippen molar-refractivity contribution in [2.75, 3.05) is 36.9 Å². The number of nitrogens with zero attached hydrogens (tertiary/aromatic N) is 2. The van der Waals surface area contributed by atoms with E-state index in [0.717, 1.165) is 39.0 Å².